The van der Waals surface area contributed by atoms with Crippen LogP contribution in [0, 0.1) is 5.82 Å². The molecule has 2 aromatic rings. The Kier molecular flexibility index (Phi) is 4.57. The van der Waals surface area contributed by atoms with Gasteiger partial charge in [0.25, 0.3) is 0 Å². The number of hydrogen-bond acceptors (Lipinski definition) is 4. The first kappa shape index (κ1) is 15.5. The van der Waals surface area contributed by atoms with Crippen molar-refractivity contribution >= 4 is 29.0 Å². The van der Waals surface area contributed by atoms with Gasteiger partial charge in [-0.2, -0.15) is 0 Å². The maximum Gasteiger partial charge on any atom is 0.414 e. The summed E-state index contributed by atoms with van der Waals surface area (Å²) in [4.78, 5) is 26.1. The molecule has 0 saturated carbocycles. The number of benzene rings is 1. The fourth-order valence-corrected chi connectivity index (χ4v) is 3.02. The molecule has 0 bridgehead atoms. The summed E-state index contributed by atoms with van der Waals surface area (Å²) in [6.07, 6.45) is -0.589. The molecule has 0 spiro atoms. The quantitative estimate of drug-likeness (QED) is 0.914. The van der Waals surface area contributed by atoms with E-state index in [-0.39, 0.29) is 18.3 Å². The molecule has 1 atom stereocenters. The second-order valence-corrected chi connectivity index (χ2v) is 6.19. The highest BCUT2D eigenvalue weighted by atomic mass is 32.1. The van der Waals surface area contributed by atoms with Crippen LogP contribution in [0.15, 0.2) is 41.8 Å². The van der Waals surface area contributed by atoms with Gasteiger partial charge in [-0.25, -0.2) is 9.18 Å². The molecule has 1 aliphatic heterocycles. The second-order valence-electron chi connectivity index (χ2n) is 5.15. The zero-order valence-electron chi connectivity index (χ0n) is 12.2. The maximum atomic E-state index is 12.9. The summed E-state index contributed by atoms with van der Waals surface area (Å²) in [5.41, 5.74) is 0.573. The van der Waals surface area contributed by atoms with Crippen molar-refractivity contribution in [2.75, 3.05) is 18.0 Å². The Morgan fingerprint density at radius 2 is 2.13 bits per heavy atom. The van der Waals surface area contributed by atoms with Gasteiger partial charge in [-0.05, 0) is 35.7 Å². The van der Waals surface area contributed by atoms with E-state index in [4.69, 9.17) is 4.74 Å². The van der Waals surface area contributed by atoms with Gasteiger partial charge in [-0.3, -0.25) is 9.69 Å². The van der Waals surface area contributed by atoms with Crippen molar-refractivity contribution in [2.24, 2.45) is 0 Å². The Labute approximate surface area is 136 Å². The topological polar surface area (TPSA) is 58.6 Å². The van der Waals surface area contributed by atoms with E-state index in [0.717, 1.165) is 4.88 Å². The number of thiophene rings is 1. The van der Waals surface area contributed by atoms with Crippen LogP contribution in [0.1, 0.15) is 4.88 Å². The number of amides is 2. The standard InChI is InChI=1S/C16H15FN2O3S/c17-11-3-5-12(6-4-11)19-10-13(22-16(19)21)9-18-15(20)8-14-2-1-7-23-14/h1-7,13H,8-10H2,(H,18,20). The van der Waals surface area contributed by atoms with Crippen molar-refractivity contribution in [1.82, 2.24) is 5.32 Å². The van der Waals surface area contributed by atoms with Crippen LogP contribution in [0.5, 0.6) is 0 Å². The van der Waals surface area contributed by atoms with Crippen LogP contribution >= 0.6 is 11.3 Å². The molecule has 1 aromatic heterocycles. The molecule has 1 unspecified atom stereocenters. The number of halogens is 1. The molecule has 2 amide bonds. The normalized spacial score (nSPS) is 17.2. The number of carbonyl (C=O) groups is 2. The van der Waals surface area contributed by atoms with Gasteiger partial charge in [-0.15, -0.1) is 11.3 Å². The van der Waals surface area contributed by atoms with Crippen molar-refractivity contribution in [1.29, 1.82) is 0 Å². The van der Waals surface area contributed by atoms with E-state index >= 15 is 0 Å². The lowest BCUT2D eigenvalue weighted by Gasteiger charge is -2.12. The number of nitrogens with one attached hydrogen (secondary N) is 1. The third-order valence-electron chi connectivity index (χ3n) is 3.45. The van der Waals surface area contributed by atoms with Crippen molar-refractivity contribution in [3.8, 4) is 0 Å². The molecule has 0 aliphatic carbocycles. The Morgan fingerprint density at radius 1 is 1.35 bits per heavy atom. The summed E-state index contributed by atoms with van der Waals surface area (Å²) >= 11 is 1.52. The van der Waals surface area contributed by atoms with E-state index in [9.17, 15) is 14.0 Å². The van der Waals surface area contributed by atoms with Gasteiger partial charge < -0.3 is 10.1 Å². The highest BCUT2D eigenvalue weighted by Crippen LogP contribution is 2.21. The number of anilines is 1. The first-order chi connectivity index (χ1) is 11.1. The third kappa shape index (κ3) is 3.87. The van der Waals surface area contributed by atoms with Gasteiger partial charge in [0.05, 0.1) is 19.5 Å². The molecular weight excluding hydrogens is 319 g/mol. The van der Waals surface area contributed by atoms with Crippen molar-refractivity contribution < 1.29 is 18.7 Å². The van der Waals surface area contributed by atoms with Crippen LogP contribution < -0.4 is 10.2 Å². The average Bonchev–Trinajstić information content (AvgIpc) is 3.16. The molecule has 2 heterocycles. The van der Waals surface area contributed by atoms with Crippen molar-refractivity contribution in [3.63, 3.8) is 0 Å². The Hall–Kier alpha value is -2.41. The summed E-state index contributed by atoms with van der Waals surface area (Å²) < 4.78 is 18.2. The zero-order valence-corrected chi connectivity index (χ0v) is 13.0. The number of nitrogens with zero attached hydrogens (tertiary/aromatic N) is 1. The maximum absolute atomic E-state index is 12.9. The van der Waals surface area contributed by atoms with E-state index in [2.05, 4.69) is 5.32 Å². The smallest absolute Gasteiger partial charge is 0.414 e. The molecule has 1 saturated heterocycles. The van der Waals surface area contributed by atoms with Gasteiger partial charge in [0.2, 0.25) is 5.91 Å². The number of rotatable bonds is 5. The third-order valence-corrected chi connectivity index (χ3v) is 4.33. The highest BCUT2D eigenvalue weighted by molar-refractivity contribution is 7.10. The van der Waals surface area contributed by atoms with Crippen LogP contribution in [0.25, 0.3) is 0 Å². The molecular formula is C16H15FN2O3S. The van der Waals surface area contributed by atoms with Crippen molar-refractivity contribution in [3.05, 3.63) is 52.5 Å². The Balaban J connectivity index is 1.51. The SMILES string of the molecule is O=C(Cc1cccs1)NCC1CN(c2ccc(F)cc2)C(=O)O1. The molecule has 1 N–H and O–H groups in total. The summed E-state index contributed by atoms with van der Waals surface area (Å²) in [7, 11) is 0. The number of cyclic esters (lactones) is 1. The fraction of sp³-hybridized carbons (Fsp3) is 0.250. The molecule has 23 heavy (non-hydrogen) atoms. The minimum atomic E-state index is -0.492. The van der Waals surface area contributed by atoms with Crippen LogP contribution in [0.3, 0.4) is 0 Å². The van der Waals surface area contributed by atoms with Crippen LogP contribution in [-0.2, 0) is 16.0 Å². The van der Waals surface area contributed by atoms with Crippen LogP contribution in [0.4, 0.5) is 14.9 Å². The van der Waals surface area contributed by atoms with Gasteiger partial charge in [-0.1, -0.05) is 6.07 Å². The molecule has 3 rings (SSSR count). The molecule has 5 nitrogen and oxygen atoms in total. The molecule has 7 heteroatoms. The Morgan fingerprint density at radius 3 is 2.83 bits per heavy atom. The second kappa shape index (κ2) is 6.78. The first-order valence-corrected chi connectivity index (χ1v) is 8.02. The summed E-state index contributed by atoms with van der Waals surface area (Å²) in [6.45, 7) is 0.581. The molecule has 0 radical (unpaired) electrons. The van der Waals surface area contributed by atoms with E-state index in [1.54, 1.807) is 0 Å². The van der Waals surface area contributed by atoms with E-state index < -0.39 is 12.2 Å². The summed E-state index contributed by atoms with van der Waals surface area (Å²) in [6, 6.07) is 9.42. The summed E-state index contributed by atoms with van der Waals surface area (Å²) in [5.74, 6) is -0.470. The average molecular weight is 334 g/mol. The predicted octanol–water partition coefficient (Wildman–Crippen LogP) is 2.57. The van der Waals surface area contributed by atoms with Gasteiger partial charge >= 0.3 is 6.09 Å². The van der Waals surface area contributed by atoms with Gasteiger partial charge in [0.1, 0.15) is 11.9 Å². The van der Waals surface area contributed by atoms with E-state index in [0.29, 0.717) is 18.7 Å². The monoisotopic (exact) mass is 334 g/mol. The highest BCUT2D eigenvalue weighted by Gasteiger charge is 2.32. The van der Waals surface area contributed by atoms with Crippen molar-refractivity contribution in [2.45, 2.75) is 12.5 Å². The van der Waals surface area contributed by atoms with Crippen LogP contribution in [-0.4, -0.2) is 31.2 Å². The number of ether oxygens (including phenoxy) is 1. The predicted molar refractivity (Wildman–Crippen MR) is 85.0 cm³/mol. The van der Waals surface area contributed by atoms with Crippen LogP contribution in [0.2, 0.25) is 0 Å². The lowest BCUT2D eigenvalue weighted by Crippen LogP contribution is -2.35. The Bertz CT molecular complexity index is 688. The van der Waals surface area contributed by atoms with Gasteiger partial charge in [0.15, 0.2) is 0 Å². The first-order valence-electron chi connectivity index (χ1n) is 7.14. The minimum Gasteiger partial charge on any atom is -0.442 e. The van der Waals surface area contributed by atoms with Gasteiger partial charge in [0, 0.05) is 10.6 Å². The lowest BCUT2D eigenvalue weighted by molar-refractivity contribution is -0.120. The molecule has 1 aliphatic rings. The number of hydrogen-bond donors (Lipinski definition) is 1. The van der Waals surface area contributed by atoms with E-state index in [1.165, 1.54) is 40.5 Å². The zero-order chi connectivity index (χ0) is 16.2. The molecule has 1 fully saturated rings. The largest absolute Gasteiger partial charge is 0.442 e. The van der Waals surface area contributed by atoms with E-state index in [1.807, 2.05) is 17.5 Å². The lowest BCUT2D eigenvalue weighted by atomic mass is 10.2. The number of carbonyl (C=O) groups excluding carboxylic acids is 2. The molecule has 120 valence electrons. The fourth-order valence-electron chi connectivity index (χ4n) is 2.32. The minimum absolute atomic E-state index is 0.108. The summed E-state index contributed by atoms with van der Waals surface area (Å²) in [5, 5.41) is 4.69. The molecule has 1 aromatic carbocycles.